The Hall–Kier alpha value is -1.25. The van der Waals surface area contributed by atoms with E-state index in [4.69, 9.17) is 14.2 Å². The Labute approximate surface area is 164 Å². The Balaban J connectivity index is 2.85. The van der Waals surface area contributed by atoms with Gasteiger partial charge in [-0.25, -0.2) is 8.42 Å². The van der Waals surface area contributed by atoms with Crippen LogP contribution in [0.25, 0.3) is 6.08 Å². The molecule has 1 aromatic rings. The summed E-state index contributed by atoms with van der Waals surface area (Å²) in [5, 5.41) is 0. The summed E-state index contributed by atoms with van der Waals surface area (Å²) in [4.78, 5) is 0.286. The molecule has 7 heteroatoms. The molecule has 0 heterocycles. The third-order valence-electron chi connectivity index (χ3n) is 4.01. The molecule has 1 aromatic carbocycles. The van der Waals surface area contributed by atoms with Crippen LogP contribution in [0.4, 0.5) is 0 Å². The summed E-state index contributed by atoms with van der Waals surface area (Å²) < 4.78 is 43.0. The lowest BCUT2D eigenvalue weighted by Gasteiger charge is -2.22. The highest BCUT2D eigenvalue weighted by Gasteiger charge is 2.24. The van der Waals surface area contributed by atoms with Crippen LogP contribution in [0.2, 0.25) is 0 Å². The SMILES string of the molecule is CC/C=C\c1ccc(S(=O)(=O)N(CCCC)COCOCCOC)cc1C. The fourth-order valence-electron chi connectivity index (χ4n) is 2.38. The number of sulfonamides is 1. The normalized spacial score (nSPS) is 12.3. The summed E-state index contributed by atoms with van der Waals surface area (Å²) in [6.07, 6.45) is 6.68. The van der Waals surface area contributed by atoms with Crippen LogP contribution >= 0.6 is 0 Å². The number of allylic oxidation sites excluding steroid dienone is 1. The Morgan fingerprint density at radius 3 is 2.56 bits per heavy atom. The predicted octanol–water partition coefficient (Wildman–Crippen LogP) is 3.80. The first-order valence-corrected chi connectivity index (χ1v) is 10.8. The Bertz CT molecular complexity index is 673. The second kappa shape index (κ2) is 13.0. The van der Waals surface area contributed by atoms with Crippen molar-refractivity contribution in [3.05, 3.63) is 35.4 Å². The van der Waals surface area contributed by atoms with Gasteiger partial charge in [0, 0.05) is 13.7 Å². The summed E-state index contributed by atoms with van der Waals surface area (Å²) in [5.41, 5.74) is 1.96. The summed E-state index contributed by atoms with van der Waals surface area (Å²) in [5.74, 6) is 0. The zero-order chi connectivity index (χ0) is 20.1. The van der Waals surface area contributed by atoms with E-state index < -0.39 is 10.0 Å². The van der Waals surface area contributed by atoms with Gasteiger partial charge < -0.3 is 14.2 Å². The average Bonchev–Trinajstić information content (AvgIpc) is 2.65. The van der Waals surface area contributed by atoms with Gasteiger partial charge >= 0.3 is 0 Å². The van der Waals surface area contributed by atoms with Crippen LogP contribution < -0.4 is 0 Å². The third-order valence-corrected chi connectivity index (χ3v) is 5.82. The van der Waals surface area contributed by atoms with Crippen molar-refractivity contribution in [3.63, 3.8) is 0 Å². The number of nitrogens with zero attached hydrogens (tertiary/aromatic N) is 1. The Kier molecular flexibility index (Phi) is 11.5. The molecule has 0 aliphatic heterocycles. The van der Waals surface area contributed by atoms with Gasteiger partial charge in [0.1, 0.15) is 13.5 Å². The number of methoxy groups -OCH3 is 1. The predicted molar refractivity (Wildman–Crippen MR) is 108 cm³/mol. The maximum absolute atomic E-state index is 13.0. The van der Waals surface area contributed by atoms with Crippen LogP contribution in [0, 0.1) is 6.92 Å². The van der Waals surface area contributed by atoms with E-state index in [1.54, 1.807) is 19.2 Å². The molecule has 0 spiro atoms. The first kappa shape index (κ1) is 23.8. The van der Waals surface area contributed by atoms with E-state index in [9.17, 15) is 8.42 Å². The van der Waals surface area contributed by atoms with E-state index in [-0.39, 0.29) is 18.4 Å². The highest BCUT2D eigenvalue weighted by molar-refractivity contribution is 7.89. The minimum absolute atomic E-state index is 0.0291. The van der Waals surface area contributed by atoms with E-state index in [0.29, 0.717) is 19.8 Å². The first-order valence-electron chi connectivity index (χ1n) is 9.39. The van der Waals surface area contributed by atoms with Gasteiger partial charge in [-0.15, -0.1) is 0 Å². The van der Waals surface area contributed by atoms with Crippen molar-refractivity contribution in [1.29, 1.82) is 0 Å². The van der Waals surface area contributed by atoms with E-state index in [0.717, 1.165) is 30.4 Å². The molecule has 154 valence electrons. The maximum Gasteiger partial charge on any atom is 0.245 e. The fraction of sp³-hybridized carbons (Fsp3) is 0.600. The molecule has 6 nitrogen and oxygen atoms in total. The molecule has 0 N–H and O–H groups in total. The molecule has 0 saturated heterocycles. The van der Waals surface area contributed by atoms with Gasteiger partial charge in [-0.3, -0.25) is 0 Å². The number of aryl methyl sites for hydroxylation is 1. The van der Waals surface area contributed by atoms with Crippen LogP contribution in [-0.4, -0.2) is 53.1 Å². The molecule has 0 aromatic heterocycles. The smallest absolute Gasteiger partial charge is 0.245 e. The Morgan fingerprint density at radius 1 is 1.15 bits per heavy atom. The number of rotatable bonds is 14. The molecule has 0 aliphatic rings. The molecule has 0 atom stereocenters. The van der Waals surface area contributed by atoms with E-state index in [1.807, 2.05) is 26.0 Å². The monoisotopic (exact) mass is 399 g/mol. The van der Waals surface area contributed by atoms with Crippen molar-refractivity contribution in [2.45, 2.75) is 44.9 Å². The van der Waals surface area contributed by atoms with Crippen molar-refractivity contribution < 1.29 is 22.6 Å². The summed E-state index contributed by atoms with van der Waals surface area (Å²) >= 11 is 0. The van der Waals surface area contributed by atoms with Crippen LogP contribution in [0.5, 0.6) is 0 Å². The molecule has 1 rings (SSSR count). The molecular weight excluding hydrogens is 366 g/mol. The zero-order valence-electron chi connectivity index (χ0n) is 16.9. The minimum atomic E-state index is -3.63. The lowest BCUT2D eigenvalue weighted by atomic mass is 10.1. The third kappa shape index (κ3) is 8.11. The summed E-state index contributed by atoms with van der Waals surface area (Å²) in [7, 11) is -2.03. The standard InChI is InChI=1S/C20H33NO5S/c1-5-7-9-19-10-11-20(15-18(19)3)27(22,23)21(12-8-6-2)16-26-17-25-14-13-24-4/h7,9-11,15H,5-6,8,12-14,16-17H2,1-4H3/b9-7-. The van der Waals surface area contributed by atoms with Crippen molar-refractivity contribution >= 4 is 16.1 Å². The second-order valence-electron chi connectivity index (χ2n) is 6.22. The van der Waals surface area contributed by atoms with Crippen LogP contribution in [0.3, 0.4) is 0 Å². The number of unbranched alkanes of at least 4 members (excludes halogenated alkanes) is 1. The second-order valence-corrected chi connectivity index (χ2v) is 8.15. The van der Waals surface area contributed by atoms with Crippen molar-refractivity contribution in [2.75, 3.05) is 40.4 Å². The van der Waals surface area contributed by atoms with Crippen LogP contribution in [0.1, 0.15) is 44.2 Å². The van der Waals surface area contributed by atoms with Gasteiger partial charge in [0.25, 0.3) is 0 Å². The first-order chi connectivity index (χ1) is 13.0. The molecule has 0 unspecified atom stereocenters. The molecule has 0 amide bonds. The Morgan fingerprint density at radius 2 is 1.93 bits per heavy atom. The minimum Gasteiger partial charge on any atom is -0.382 e. The molecule has 0 aliphatic carbocycles. The van der Waals surface area contributed by atoms with E-state index >= 15 is 0 Å². The van der Waals surface area contributed by atoms with Gasteiger partial charge in [-0.05, 0) is 43.0 Å². The van der Waals surface area contributed by atoms with E-state index in [2.05, 4.69) is 13.0 Å². The molecule has 0 saturated carbocycles. The lowest BCUT2D eigenvalue weighted by Crippen LogP contribution is -2.34. The van der Waals surface area contributed by atoms with Gasteiger partial charge in [0.05, 0.1) is 18.1 Å². The van der Waals surface area contributed by atoms with Gasteiger partial charge in [0.15, 0.2) is 0 Å². The van der Waals surface area contributed by atoms with Crippen molar-refractivity contribution in [1.82, 2.24) is 4.31 Å². The molecule has 0 fully saturated rings. The van der Waals surface area contributed by atoms with E-state index in [1.165, 1.54) is 4.31 Å². The summed E-state index contributed by atoms with van der Waals surface area (Å²) in [6, 6.07) is 5.23. The largest absolute Gasteiger partial charge is 0.382 e. The fourth-order valence-corrected chi connectivity index (χ4v) is 3.82. The highest BCUT2D eigenvalue weighted by Crippen LogP contribution is 2.21. The van der Waals surface area contributed by atoms with Gasteiger partial charge in [0.2, 0.25) is 10.0 Å². The number of hydrogen-bond donors (Lipinski definition) is 0. The number of benzene rings is 1. The zero-order valence-corrected chi connectivity index (χ0v) is 17.8. The highest BCUT2D eigenvalue weighted by atomic mass is 32.2. The van der Waals surface area contributed by atoms with Crippen molar-refractivity contribution in [2.24, 2.45) is 0 Å². The van der Waals surface area contributed by atoms with Gasteiger partial charge in [-0.1, -0.05) is 38.5 Å². The average molecular weight is 400 g/mol. The number of ether oxygens (including phenoxy) is 3. The molecule has 27 heavy (non-hydrogen) atoms. The van der Waals surface area contributed by atoms with Crippen LogP contribution in [0.15, 0.2) is 29.2 Å². The maximum atomic E-state index is 13.0. The molecule has 0 radical (unpaired) electrons. The van der Waals surface area contributed by atoms with Gasteiger partial charge in [-0.2, -0.15) is 4.31 Å². The quantitative estimate of drug-likeness (QED) is 0.352. The summed E-state index contributed by atoms with van der Waals surface area (Å²) in [6.45, 7) is 7.29. The topological polar surface area (TPSA) is 65.1 Å². The molecular formula is C20H33NO5S. The van der Waals surface area contributed by atoms with Crippen LogP contribution in [-0.2, 0) is 24.2 Å². The molecule has 0 bridgehead atoms. The number of hydrogen-bond acceptors (Lipinski definition) is 5. The lowest BCUT2D eigenvalue weighted by molar-refractivity contribution is -0.0841. The van der Waals surface area contributed by atoms with Crippen molar-refractivity contribution in [3.8, 4) is 0 Å².